The Hall–Kier alpha value is -1.51. The van der Waals surface area contributed by atoms with Crippen molar-refractivity contribution in [3.8, 4) is 5.75 Å². The number of halogens is 1. The highest BCUT2D eigenvalue weighted by atomic mass is 35.5. The smallest absolute Gasteiger partial charge is 0.137 e. The van der Waals surface area contributed by atoms with E-state index >= 15 is 0 Å². The molecule has 21 heavy (non-hydrogen) atoms. The fourth-order valence-corrected chi connectivity index (χ4v) is 3.49. The zero-order chi connectivity index (χ0) is 14.7. The Morgan fingerprint density at radius 2 is 1.86 bits per heavy atom. The number of ether oxygens (including phenoxy) is 1. The van der Waals surface area contributed by atoms with Crippen LogP contribution in [0.25, 0.3) is 0 Å². The molecule has 0 aliphatic carbocycles. The Morgan fingerprint density at radius 1 is 1.05 bits per heavy atom. The summed E-state index contributed by atoms with van der Waals surface area (Å²) in [5.41, 5.74) is 2.69. The van der Waals surface area contributed by atoms with E-state index in [9.17, 15) is 0 Å². The molecule has 110 valence electrons. The highest BCUT2D eigenvalue weighted by Gasteiger charge is 2.27. The van der Waals surface area contributed by atoms with Gasteiger partial charge in [-0.05, 0) is 42.1 Å². The predicted molar refractivity (Wildman–Crippen MR) is 87.4 cm³/mol. The van der Waals surface area contributed by atoms with Crippen LogP contribution in [-0.2, 0) is 0 Å². The van der Waals surface area contributed by atoms with Gasteiger partial charge in [0.15, 0.2) is 0 Å². The minimum atomic E-state index is 0.490. The van der Waals surface area contributed by atoms with E-state index in [1.807, 2.05) is 6.07 Å². The zero-order valence-electron chi connectivity index (χ0n) is 12.2. The molecule has 0 bridgehead atoms. The van der Waals surface area contributed by atoms with Crippen LogP contribution in [0.3, 0.4) is 0 Å². The largest absolute Gasteiger partial charge is 0.495 e. The van der Waals surface area contributed by atoms with Crippen LogP contribution in [0.5, 0.6) is 5.75 Å². The average molecular weight is 302 g/mol. The van der Waals surface area contributed by atoms with Crippen LogP contribution >= 0.6 is 11.6 Å². The molecule has 1 fully saturated rings. The van der Waals surface area contributed by atoms with Crippen LogP contribution in [0.15, 0.2) is 48.5 Å². The summed E-state index contributed by atoms with van der Waals surface area (Å²) in [4.78, 5) is 0. The molecule has 1 aliphatic heterocycles. The summed E-state index contributed by atoms with van der Waals surface area (Å²) in [7, 11) is 1.65. The second-order valence-corrected chi connectivity index (χ2v) is 5.92. The second kappa shape index (κ2) is 6.50. The lowest BCUT2D eigenvalue weighted by atomic mass is 9.77. The number of hydrogen-bond donors (Lipinski definition) is 1. The summed E-state index contributed by atoms with van der Waals surface area (Å²) in [5, 5.41) is 4.21. The lowest BCUT2D eigenvalue weighted by molar-refractivity contribution is 0.401. The first-order valence-electron chi connectivity index (χ1n) is 7.38. The van der Waals surface area contributed by atoms with E-state index in [0.717, 1.165) is 25.3 Å². The Kier molecular flexibility index (Phi) is 4.47. The molecular weight excluding hydrogens is 282 g/mol. The number of hydrogen-bond acceptors (Lipinski definition) is 2. The second-order valence-electron chi connectivity index (χ2n) is 5.51. The molecule has 1 N–H and O–H groups in total. The predicted octanol–water partition coefficient (Wildman–Crippen LogP) is 4.21. The van der Waals surface area contributed by atoms with E-state index in [0.29, 0.717) is 16.9 Å². The van der Waals surface area contributed by atoms with Crippen LogP contribution in [0.4, 0.5) is 0 Å². The number of piperidine rings is 1. The van der Waals surface area contributed by atoms with Crippen molar-refractivity contribution in [2.24, 2.45) is 0 Å². The zero-order valence-corrected chi connectivity index (χ0v) is 12.9. The van der Waals surface area contributed by atoms with Crippen molar-refractivity contribution in [3.63, 3.8) is 0 Å². The van der Waals surface area contributed by atoms with Gasteiger partial charge in [0.1, 0.15) is 5.75 Å². The fraction of sp³-hybridized carbons (Fsp3) is 0.333. The summed E-state index contributed by atoms with van der Waals surface area (Å²) in [6.45, 7) is 2.07. The minimum Gasteiger partial charge on any atom is -0.495 e. The van der Waals surface area contributed by atoms with Gasteiger partial charge >= 0.3 is 0 Å². The molecule has 2 atom stereocenters. The van der Waals surface area contributed by atoms with Crippen LogP contribution < -0.4 is 10.1 Å². The van der Waals surface area contributed by atoms with E-state index in [1.54, 1.807) is 7.11 Å². The van der Waals surface area contributed by atoms with E-state index in [2.05, 4.69) is 47.8 Å². The van der Waals surface area contributed by atoms with Gasteiger partial charge in [-0.1, -0.05) is 48.0 Å². The summed E-state index contributed by atoms with van der Waals surface area (Å²) < 4.78 is 5.25. The fourth-order valence-electron chi connectivity index (χ4n) is 3.22. The highest BCUT2D eigenvalue weighted by molar-refractivity contribution is 6.32. The van der Waals surface area contributed by atoms with E-state index < -0.39 is 0 Å². The lowest BCUT2D eigenvalue weighted by Crippen LogP contribution is -2.34. The topological polar surface area (TPSA) is 21.3 Å². The molecule has 0 spiro atoms. The van der Waals surface area contributed by atoms with Gasteiger partial charge in [0.2, 0.25) is 0 Å². The molecule has 2 aromatic rings. The summed E-state index contributed by atoms with van der Waals surface area (Å²) in [6, 6.07) is 16.9. The third-order valence-electron chi connectivity index (χ3n) is 4.31. The molecule has 1 saturated heterocycles. The molecule has 3 heteroatoms. The lowest BCUT2D eigenvalue weighted by Gasteiger charge is -2.33. The SMILES string of the molecule is COc1ccc(C2CCNCC2c2ccccc2)cc1Cl. The normalized spacial score (nSPS) is 22.0. The molecule has 0 saturated carbocycles. The molecule has 2 unspecified atom stereocenters. The standard InChI is InChI=1S/C18H20ClNO/c1-21-18-8-7-14(11-17(18)19)15-9-10-20-12-16(15)13-5-3-2-4-6-13/h2-8,11,15-16,20H,9-10,12H2,1H3. The van der Waals surface area contributed by atoms with Gasteiger partial charge < -0.3 is 10.1 Å². The van der Waals surface area contributed by atoms with Crippen molar-refractivity contribution in [2.75, 3.05) is 20.2 Å². The van der Waals surface area contributed by atoms with Crippen LogP contribution in [0.1, 0.15) is 29.4 Å². The number of methoxy groups -OCH3 is 1. The van der Waals surface area contributed by atoms with Gasteiger partial charge in [0.25, 0.3) is 0 Å². The van der Waals surface area contributed by atoms with Crippen molar-refractivity contribution >= 4 is 11.6 Å². The number of nitrogens with one attached hydrogen (secondary N) is 1. The Labute approximate surface area is 131 Å². The van der Waals surface area contributed by atoms with E-state index in [1.165, 1.54) is 11.1 Å². The molecule has 0 amide bonds. The first kappa shape index (κ1) is 14.4. The van der Waals surface area contributed by atoms with Crippen molar-refractivity contribution in [1.82, 2.24) is 5.32 Å². The average Bonchev–Trinajstić information content (AvgIpc) is 2.55. The van der Waals surface area contributed by atoms with Crippen molar-refractivity contribution in [3.05, 3.63) is 64.7 Å². The van der Waals surface area contributed by atoms with Gasteiger partial charge in [0, 0.05) is 12.5 Å². The summed E-state index contributed by atoms with van der Waals surface area (Å²) in [5.74, 6) is 1.73. The molecule has 0 radical (unpaired) electrons. The number of benzene rings is 2. The first-order valence-corrected chi connectivity index (χ1v) is 7.76. The van der Waals surface area contributed by atoms with Gasteiger partial charge in [0.05, 0.1) is 12.1 Å². The van der Waals surface area contributed by atoms with Crippen LogP contribution in [0.2, 0.25) is 5.02 Å². The van der Waals surface area contributed by atoms with Crippen LogP contribution in [-0.4, -0.2) is 20.2 Å². The molecule has 2 aromatic carbocycles. The van der Waals surface area contributed by atoms with Gasteiger partial charge in [-0.2, -0.15) is 0 Å². The maximum Gasteiger partial charge on any atom is 0.137 e. The monoisotopic (exact) mass is 301 g/mol. The highest BCUT2D eigenvalue weighted by Crippen LogP contribution is 2.39. The maximum absolute atomic E-state index is 6.30. The van der Waals surface area contributed by atoms with Gasteiger partial charge in [-0.3, -0.25) is 0 Å². The van der Waals surface area contributed by atoms with E-state index in [4.69, 9.17) is 16.3 Å². The Morgan fingerprint density at radius 3 is 2.57 bits per heavy atom. The van der Waals surface area contributed by atoms with Crippen molar-refractivity contribution < 1.29 is 4.74 Å². The quantitative estimate of drug-likeness (QED) is 0.917. The van der Waals surface area contributed by atoms with Crippen molar-refractivity contribution in [2.45, 2.75) is 18.3 Å². The van der Waals surface area contributed by atoms with Crippen LogP contribution in [0, 0.1) is 0 Å². The molecule has 0 aromatic heterocycles. The molecule has 3 rings (SSSR count). The molecule has 1 aliphatic rings. The Balaban J connectivity index is 1.92. The molecular formula is C18H20ClNO. The third kappa shape index (κ3) is 3.07. The first-order chi connectivity index (χ1) is 10.3. The third-order valence-corrected chi connectivity index (χ3v) is 4.61. The molecule has 1 heterocycles. The number of rotatable bonds is 3. The van der Waals surface area contributed by atoms with E-state index in [-0.39, 0.29) is 0 Å². The molecule has 2 nitrogen and oxygen atoms in total. The van der Waals surface area contributed by atoms with Crippen molar-refractivity contribution in [1.29, 1.82) is 0 Å². The summed E-state index contributed by atoms with van der Waals surface area (Å²) in [6.07, 6.45) is 1.13. The maximum atomic E-state index is 6.30. The Bertz CT molecular complexity index is 599. The van der Waals surface area contributed by atoms with Gasteiger partial charge in [-0.25, -0.2) is 0 Å². The van der Waals surface area contributed by atoms with Gasteiger partial charge in [-0.15, -0.1) is 0 Å². The minimum absolute atomic E-state index is 0.490. The summed E-state index contributed by atoms with van der Waals surface area (Å²) >= 11 is 6.30.